The van der Waals surface area contributed by atoms with Crippen LogP contribution in [0.5, 0.6) is 0 Å². The van der Waals surface area contributed by atoms with E-state index in [4.69, 9.17) is 10.2 Å². The zero-order valence-electron chi connectivity index (χ0n) is 15.2. The molecule has 0 unspecified atom stereocenters. The fraction of sp³-hybridized carbons (Fsp3) is 0.238. The first-order valence-corrected chi connectivity index (χ1v) is 8.43. The van der Waals surface area contributed by atoms with E-state index in [0.717, 1.165) is 18.7 Å². The Morgan fingerprint density at radius 2 is 1.78 bits per heavy atom. The third-order valence-electron chi connectivity index (χ3n) is 4.23. The van der Waals surface area contributed by atoms with Crippen molar-refractivity contribution in [1.29, 1.82) is 0 Å². The Morgan fingerprint density at radius 1 is 1.11 bits per heavy atom. The number of halogens is 1. The molecule has 2 aromatic carbocycles. The number of carbonyl (C=O) groups is 2. The fourth-order valence-electron chi connectivity index (χ4n) is 3.13. The first kappa shape index (κ1) is 20.3. The Kier molecular flexibility index (Phi) is 6.85. The van der Waals surface area contributed by atoms with Crippen molar-refractivity contribution in [3.8, 4) is 0 Å². The van der Waals surface area contributed by atoms with Gasteiger partial charge in [-0.15, -0.1) is 0 Å². The average Bonchev–Trinajstić information content (AvgIpc) is 2.59. The van der Waals surface area contributed by atoms with Gasteiger partial charge in [0.25, 0.3) is 0 Å². The van der Waals surface area contributed by atoms with Crippen molar-refractivity contribution < 1.29 is 24.2 Å². The molecule has 0 fully saturated rings. The molecule has 0 amide bonds. The van der Waals surface area contributed by atoms with Crippen LogP contribution in [0.3, 0.4) is 0 Å². The average molecular weight is 371 g/mol. The summed E-state index contributed by atoms with van der Waals surface area (Å²) >= 11 is 0. The molecule has 1 aliphatic heterocycles. The normalized spacial score (nSPS) is 16.3. The molecule has 5 nitrogen and oxygen atoms in total. The van der Waals surface area contributed by atoms with Crippen molar-refractivity contribution in [3.63, 3.8) is 0 Å². The second-order valence-corrected chi connectivity index (χ2v) is 6.52. The highest BCUT2D eigenvalue weighted by molar-refractivity contribution is 5.89. The van der Waals surface area contributed by atoms with Crippen LogP contribution < -0.4 is 0 Å². The van der Waals surface area contributed by atoms with Gasteiger partial charge in [-0.2, -0.15) is 0 Å². The van der Waals surface area contributed by atoms with Crippen molar-refractivity contribution in [2.45, 2.75) is 19.4 Å². The summed E-state index contributed by atoms with van der Waals surface area (Å²) in [6.45, 7) is 4.04. The number of carboxylic acids is 2. The Labute approximate surface area is 157 Å². The monoisotopic (exact) mass is 371 g/mol. The third kappa shape index (κ3) is 6.04. The first-order chi connectivity index (χ1) is 12.8. The Balaban J connectivity index is 0.000000279. The SMILES string of the molecule is Cc1ccc2c(c1)CN(C)C[C@H]2c1cccc(F)c1.O=C(O)/C=C/C(=O)O. The highest BCUT2D eigenvalue weighted by atomic mass is 19.1. The van der Waals surface area contributed by atoms with Gasteiger partial charge in [0, 0.05) is 31.2 Å². The number of benzene rings is 2. The molecule has 27 heavy (non-hydrogen) atoms. The molecule has 0 aliphatic carbocycles. The maximum atomic E-state index is 13.4. The molecule has 2 N–H and O–H groups in total. The number of rotatable bonds is 3. The van der Waals surface area contributed by atoms with Gasteiger partial charge in [0.2, 0.25) is 0 Å². The van der Waals surface area contributed by atoms with Gasteiger partial charge in [-0.25, -0.2) is 14.0 Å². The second kappa shape index (κ2) is 9.09. The summed E-state index contributed by atoms with van der Waals surface area (Å²) in [4.78, 5) is 21.4. The van der Waals surface area contributed by atoms with Crippen LogP contribution in [-0.4, -0.2) is 40.6 Å². The molecule has 0 spiro atoms. The van der Waals surface area contributed by atoms with Crippen molar-refractivity contribution in [1.82, 2.24) is 4.90 Å². The quantitative estimate of drug-likeness (QED) is 0.809. The van der Waals surface area contributed by atoms with Crippen molar-refractivity contribution in [2.75, 3.05) is 13.6 Å². The highest BCUT2D eigenvalue weighted by Crippen LogP contribution is 2.33. The van der Waals surface area contributed by atoms with Gasteiger partial charge < -0.3 is 15.1 Å². The molecule has 0 aromatic heterocycles. The lowest BCUT2D eigenvalue weighted by Crippen LogP contribution is -2.31. The minimum absolute atomic E-state index is 0.153. The third-order valence-corrected chi connectivity index (χ3v) is 4.23. The van der Waals surface area contributed by atoms with Gasteiger partial charge in [0.1, 0.15) is 5.82 Å². The fourth-order valence-corrected chi connectivity index (χ4v) is 3.13. The van der Waals surface area contributed by atoms with E-state index in [0.29, 0.717) is 12.2 Å². The molecule has 0 bridgehead atoms. The van der Waals surface area contributed by atoms with Gasteiger partial charge in [-0.3, -0.25) is 0 Å². The molecule has 0 radical (unpaired) electrons. The minimum Gasteiger partial charge on any atom is -0.478 e. The summed E-state index contributed by atoms with van der Waals surface area (Å²) in [7, 11) is 2.12. The molecule has 3 rings (SSSR count). The van der Waals surface area contributed by atoms with E-state index in [1.54, 1.807) is 12.1 Å². The molecule has 1 heterocycles. The molecule has 142 valence electrons. The van der Waals surface area contributed by atoms with E-state index in [-0.39, 0.29) is 11.7 Å². The smallest absolute Gasteiger partial charge is 0.328 e. The lowest BCUT2D eigenvalue weighted by Gasteiger charge is -2.33. The lowest BCUT2D eigenvalue weighted by molar-refractivity contribution is -0.134. The van der Waals surface area contributed by atoms with Crippen LogP contribution in [0.4, 0.5) is 4.39 Å². The van der Waals surface area contributed by atoms with Crippen LogP contribution >= 0.6 is 0 Å². The second-order valence-electron chi connectivity index (χ2n) is 6.52. The van der Waals surface area contributed by atoms with E-state index < -0.39 is 11.9 Å². The van der Waals surface area contributed by atoms with E-state index in [2.05, 4.69) is 37.1 Å². The Bertz CT molecular complexity index is 847. The zero-order chi connectivity index (χ0) is 20.0. The maximum Gasteiger partial charge on any atom is 0.328 e. The van der Waals surface area contributed by atoms with Crippen LogP contribution in [0.15, 0.2) is 54.6 Å². The van der Waals surface area contributed by atoms with Crippen LogP contribution in [0.2, 0.25) is 0 Å². The zero-order valence-corrected chi connectivity index (χ0v) is 15.2. The van der Waals surface area contributed by atoms with Crippen molar-refractivity contribution in [3.05, 3.63) is 82.7 Å². The van der Waals surface area contributed by atoms with Gasteiger partial charge in [-0.05, 0) is 42.8 Å². The molecular weight excluding hydrogens is 349 g/mol. The molecule has 6 heteroatoms. The van der Waals surface area contributed by atoms with Crippen LogP contribution in [0, 0.1) is 12.7 Å². The lowest BCUT2D eigenvalue weighted by atomic mass is 9.84. The van der Waals surface area contributed by atoms with Gasteiger partial charge >= 0.3 is 11.9 Å². The number of aliphatic carboxylic acids is 2. The number of carboxylic acid groups (broad SMARTS) is 2. The summed E-state index contributed by atoms with van der Waals surface area (Å²) in [6.07, 6.45) is 1.12. The van der Waals surface area contributed by atoms with E-state index >= 15 is 0 Å². The number of likely N-dealkylation sites (N-methyl/N-ethyl adjacent to an activating group) is 1. The van der Waals surface area contributed by atoms with Gasteiger partial charge in [-0.1, -0.05) is 35.9 Å². The van der Waals surface area contributed by atoms with Gasteiger partial charge in [0.05, 0.1) is 0 Å². The molecular formula is C21H22FNO4. The number of aryl methyl sites for hydroxylation is 1. The van der Waals surface area contributed by atoms with E-state index in [1.807, 2.05) is 6.07 Å². The van der Waals surface area contributed by atoms with E-state index in [9.17, 15) is 14.0 Å². The predicted octanol–water partition coefficient (Wildman–Crippen LogP) is 3.42. The molecule has 0 saturated carbocycles. The van der Waals surface area contributed by atoms with Crippen LogP contribution in [0.25, 0.3) is 0 Å². The number of hydrogen-bond acceptors (Lipinski definition) is 3. The summed E-state index contributed by atoms with van der Waals surface area (Å²) in [5, 5.41) is 15.6. The topological polar surface area (TPSA) is 77.8 Å². The standard InChI is InChI=1S/C17H18FN.C4H4O4/c1-12-6-7-16-14(8-12)10-19(2)11-17(16)13-4-3-5-15(18)9-13;5-3(6)1-2-4(7)8/h3-9,17H,10-11H2,1-2H3;1-2H,(H,5,6)(H,7,8)/b;2-1+/t17-;/m0./s1. The van der Waals surface area contributed by atoms with E-state index in [1.165, 1.54) is 22.8 Å². The molecule has 1 atom stereocenters. The van der Waals surface area contributed by atoms with Crippen molar-refractivity contribution >= 4 is 11.9 Å². The summed E-state index contributed by atoms with van der Waals surface area (Å²) < 4.78 is 13.4. The molecule has 0 saturated heterocycles. The van der Waals surface area contributed by atoms with Crippen LogP contribution in [-0.2, 0) is 16.1 Å². The summed E-state index contributed by atoms with van der Waals surface area (Å²) in [5.41, 5.74) is 5.06. The molecule has 1 aliphatic rings. The first-order valence-electron chi connectivity index (χ1n) is 8.43. The number of fused-ring (bicyclic) bond motifs is 1. The minimum atomic E-state index is -1.26. The highest BCUT2D eigenvalue weighted by Gasteiger charge is 2.24. The predicted molar refractivity (Wildman–Crippen MR) is 100 cm³/mol. The van der Waals surface area contributed by atoms with Crippen LogP contribution in [0.1, 0.15) is 28.2 Å². The maximum absolute atomic E-state index is 13.4. The largest absolute Gasteiger partial charge is 0.478 e. The summed E-state index contributed by atoms with van der Waals surface area (Å²) in [6, 6.07) is 13.6. The number of nitrogens with zero attached hydrogens (tertiary/aromatic N) is 1. The number of hydrogen-bond donors (Lipinski definition) is 2. The Hall–Kier alpha value is -2.99. The van der Waals surface area contributed by atoms with Crippen molar-refractivity contribution in [2.24, 2.45) is 0 Å². The molecule has 2 aromatic rings. The van der Waals surface area contributed by atoms with Gasteiger partial charge in [0.15, 0.2) is 0 Å². The Morgan fingerprint density at radius 3 is 2.37 bits per heavy atom. The summed E-state index contributed by atoms with van der Waals surface area (Å²) in [5.74, 6) is -2.40.